The quantitative estimate of drug-likeness (QED) is 0.672. The third-order valence-corrected chi connectivity index (χ3v) is 5.99. The Morgan fingerprint density at radius 3 is 1.97 bits per heavy atom. The summed E-state index contributed by atoms with van der Waals surface area (Å²) < 4.78 is 38.9. The minimum Gasteiger partial charge on any atom is -0.364 e. The summed E-state index contributed by atoms with van der Waals surface area (Å²) in [5.74, 6) is -1.03. The molecule has 1 saturated heterocycles. The molecule has 1 fully saturated rings. The molecular weight excluding hydrogens is 419 g/mol. The highest BCUT2D eigenvalue weighted by Crippen LogP contribution is 2.37. The summed E-state index contributed by atoms with van der Waals surface area (Å²) in [5.41, 5.74) is 1.54. The third kappa shape index (κ3) is 4.02. The summed E-state index contributed by atoms with van der Waals surface area (Å²) in [6, 6.07) is 11.5. The van der Waals surface area contributed by atoms with Crippen molar-refractivity contribution in [1.29, 1.82) is 0 Å². The lowest BCUT2D eigenvalue weighted by atomic mass is 10.0. The summed E-state index contributed by atoms with van der Waals surface area (Å²) in [5, 5.41) is 0. The van der Waals surface area contributed by atoms with Crippen molar-refractivity contribution < 1.29 is 22.8 Å². The van der Waals surface area contributed by atoms with Crippen LogP contribution in [-0.4, -0.2) is 54.3 Å². The Balaban J connectivity index is 1.74. The van der Waals surface area contributed by atoms with Crippen molar-refractivity contribution in [3.8, 4) is 0 Å². The molecular formula is C24H24F3N3O2. The number of nitrogens with zero attached hydrogens (tertiary/aromatic N) is 3. The number of hydrogen-bond donors (Lipinski definition) is 0. The summed E-state index contributed by atoms with van der Waals surface area (Å²) in [6.07, 6.45) is -4.49. The SMILES string of the molecule is CCN1CCN(C2=C(c3ccc(C)cc3)C(=O)N(c3ccc(C(F)(F)F)cc3)C2=O)CC1. The highest BCUT2D eigenvalue weighted by atomic mass is 19.4. The van der Waals surface area contributed by atoms with Crippen LogP contribution in [-0.2, 0) is 15.8 Å². The number of piperazine rings is 1. The lowest BCUT2D eigenvalue weighted by molar-refractivity contribution is -0.137. The van der Waals surface area contributed by atoms with Crippen molar-refractivity contribution in [2.45, 2.75) is 20.0 Å². The normalized spacial score (nSPS) is 18.2. The van der Waals surface area contributed by atoms with Gasteiger partial charge in [-0.1, -0.05) is 36.8 Å². The van der Waals surface area contributed by atoms with Gasteiger partial charge in [-0.3, -0.25) is 9.59 Å². The van der Waals surface area contributed by atoms with Crippen molar-refractivity contribution in [2.75, 3.05) is 37.6 Å². The minimum absolute atomic E-state index is 0.125. The Morgan fingerprint density at radius 2 is 1.44 bits per heavy atom. The zero-order valence-electron chi connectivity index (χ0n) is 17.9. The van der Waals surface area contributed by atoms with Crippen molar-refractivity contribution in [3.05, 3.63) is 70.9 Å². The number of carbonyl (C=O) groups is 2. The second-order valence-electron chi connectivity index (χ2n) is 8.00. The number of likely N-dealkylation sites (N-methyl/N-ethyl adjacent to an activating group) is 1. The monoisotopic (exact) mass is 443 g/mol. The molecule has 0 aliphatic carbocycles. The molecule has 8 heteroatoms. The number of anilines is 1. The zero-order valence-corrected chi connectivity index (χ0v) is 17.9. The fraction of sp³-hybridized carbons (Fsp3) is 0.333. The number of amides is 2. The van der Waals surface area contributed by atoms with Crippen molar-refractivity contribution in [2.24, 2.45) is 0 Å². The molecule has 0 N–H and O–H groups in total. The predicted molar refractivity (Wildman–Crippen MR) is 116 cm³/mol. The molecule has 0 spiro atoms. The highest BCUT2D eigenvalue weighted by molar-refractivity contribution is 6.45. The molecule has 32 heavy (non-hydrogen) atoms. The largest absolute Gasteiger partial charge is 0.416 e. The number of halogens is 3. The van der Waals surface area contributed by atoms with E-state index in [9.17, 15) is 22.8 Å². The van der Waals surface area contributed by atoms with Gasteiger partial charge in [-0.05, 0) is 43.3 Å². The molecule has 0 aromatic heterocycles. The number of hydrogen-bond acceptors (Lipinski definition) is 4. The van der Waals surface area contributed by atoms with E-state index in [1.807, 2.05) is 24.0 Å². The van der Waals surface area contributed by atoms with Gasteiger partial charge in [0.2, 0.25) is 0 Å². The molecule has 168 valence electrons. The zero-order chi connectivity index (χ0) is 23.0. The van der Waals surface area contributed by atoms with Gasteiger partial charge in [-0.15, -0.1) is 0 Å². The number of benzene rings is 2. The Hall–Kier alpha value is -3.13. The van der Waals surface area contributed by atoms with Crippen LogP contribution in [0.15, 0.2) is 54.2 Å². The van der Waals surface area contributed by atoms with Crippen LogP contribution < -0.4 is 4.90 Å². The standard InChI is InChI=1S/C24H24F3N3O2/c1-3-28-12-14-29(15-13-28)21-20(17-6-4-16(2)5-7-17)22(31)30(23(21)32)19-10-8-18(9-11-19)24(25,26)27/h4-11H,3,12-15H2,1-2H3. The lowest BCUT2D eigenvalue weighted by Gasteiger charge is -2.36. The first-order chi connectivity index (χ1) is 15.2. The smallest absolute Gasteiger partial charge is 0.364 e. The molecule has 0 saturated carbocycles. The maximum absolute atomic E-state index is 13.5. The van der Waals surface area contributed by atoms with E-state index in [-0.39, 0.29) is 5.69 Å². The molecule has 2 aromatic carbocycles. The molecule has 2 aromatic rings. The lowest BCUT2D eigenvalue weighted by Crippen LogP contribution is -2.47. The average Bonchev–Trinajstić information content (AvgIpc) is 3.04. The van der Waals surface area contributed by atoms with Gasteiger partial charge in [-0.2, -0.15) is 13.2 Å². The van der Waals surface area contributed by atoms with E-state index < -0.39 is 23.6 Å². The van der Waals surface area contributed by atoms with Gasteiger partial charge in [0, 0.05) is 26.2 Å². The number of alkyl halides is 3. The molecule has 0 atom stereocenters. The molecule has 4 rings (SSSR count). The maximum atomic E-state index is 13.5. The molecule has 2 aliphatic rings. The van der Waals surface area contributed by atoms with Gasteiger partial charge in [-0.25, -0.2) is 4.90 Å². The van der Waals surface area contributed by atoms with Crippen LogP contribution >= 0.6 is 0 Å². The highest BCUT2D eigenvalue weighted by Gasteiger charge is 2.43. The molecule has 2 aliphatic heterocycles. The first kappa shape index (κ1) is 22.1. The van der Waals surface area contributed by atoms with E-state index in [1.165, 1.54) is 12.1 Å². The summed E-state index contributed by atoms with van der Waals surface area (Å²) >= 11 is 0. The fourth-order valence-electron chi connectivity index (χ4n) is 4.11. The van der Waals surface area contributed by atoms with Crippen LogP contribution in [0, 0.1) is 6.92 Å². The molecule has 0 unspecified atom stereocenters. The number of rotatable bonds is 4. The molecule has 0 radical (unpaired) electrons. The van der Waals surface area contributed by atoms with Gasteiger partial charge in [0.25, 0.3) is 11.8 Å². The number of carbonyl (C=O) groups excluding carboxylic acids is 2. The van der Waals surface area contributed by atoms with Crippen molar-refractivity contribution in [1.82, 2.24) is 9.80 Å². The second-order valence-corrected chi connectivity index (χ2v) is 8.00. The maximum Gasteiger partial charge on any atom is 0.416 e. The van der Waals surface area contributed by atoms with Crippen LogP contribution in [0.2, 0.25) is 0 Å². The van der Waals surface area contributed by atoms with E-state index >= 15 is 0 Å². The van der Waals surface area contributed by atoms with Gasteiger partial charge < -0.3 is 9.80 Å². The van der Waals surface area contributed by atoms with E-state index in [2.05, 4.69) is 11.8 Å². The predicted octanol–water partition coefficient (Wildman–Crippen LogP) is 3.94. The van der Waals surface area contributed by atoms with E-state index in [4.69, 9.17) is 0 Å². The van der Waals surface area contributed by atoms with Crippen molar-refractivity contribution >= 4 is 23.1 Å². The second kappa shape index (κ2) is 8.43. The summed E-state index contributed by atoms with van der Waals surface area (Å²) in [4.78, 5) is 32.1. The Labute approximate surface area is 184 Å². The summed E-state index contributed by atoms with van der Waals surface area (Å²) in [7, 11) is 0. The van der Waals surface area contributed by atoms with Gasteiger partial charge >= 0.3 is 6.18 Å². The average molecular weight is 443 g/mol. The first-order valence-electron chi connectivity index (χ1n) is 10.6. The topological polar surface area (TPSA) is 43.9 Å². The molecule has 0 bridgehead atoms. The molecule has 2 amide bonds. The first-order valence-corrected chi connectivity index (χ1v) is 10.6. The van der Waals surface area contributed by atoms with Crippen molar-refractivity contribution in [3.63, 3.8) is 0 Å². The van der Waals surface area contributed by atoms with Crippen LogP contribution in [0.5, 0.6) is 0 Å². The number of imide groups is 1. The third-order valence-electron chi connectivity index (χ3n) is 5.99. The van der Waals surface area contributed by atoms with Gasteiger partial charge in [0.05, 0.1) is 16.8 Å². The van der Waals surface area contributed by atoms with Crippen LogP contribution in [0.4, 0.5) is 18.9 Å². The minimum atomic E-state index is -4.49. The molecule has 5 nitrogen and oxygen atoms in total. The Bertz CT molecular complexity index is 1050. The van der Waals surface area contributed by atoms with Crippen LogP contribution in [0.1, 0.15) is 23.6 Å². The Morgan fingerprint density at radius 1 is 0.844 bits per heavy atom. The van der Waals surface area contributed by atoms with E-state index in [1.54, 1.807) is 12.1 Å². The summed E-state index contributed by atoms with van der Waals surface area (Å²) in [6.45, 7) is 7.63. The van der Waals surface area contributed by atoms with Gasteiger partial charge in [0.1, 0.15) is 5.70 Å². The van der Waals surface area contributed by atoms with Crippen LogP contribution in [0.25, 0.3) is 5.57 Å². The molecule has 2 heterocycles. The number of aryl methyl sites for hydroxylation is 1. The van der Waals surface area contributed by atoms with E-state index in [0.717, 1.165) is 42.2 Å². The Kier molecular flexibility index (Phi) is 5.81. The van der Waals surface area contributed by atoms with E-state index in [0.29, 0.717) is 29.9 Å². The fourth-order valence-corrected chi connectivity index (χ4v) is 4.11. The van der Waals surface area contributed by atoms with Gasteiger partial charge in [0.15, 0.2) is 0 Å². The van der Waals surface area contributed by atoms with Crippen LogP contribution in [0.3, 0.4) is 0 Å².